The third-order valence-corrected chi connectivity index (χ3v) is 4.47. The fraction of sp³-hybridized carbons (Fsp3) is 0.611. The van der Waals surface area contributed by atoms with Crippen LogP contribution in [0.3, 0.4) is 0 Å². The highest BCUT2D eigenvalue weighted by Gasteiger charge is 2.20. The summed E-state index contributed by atoms with van der Waals surface area (Å²) in [4.78, 5) is 6.77. The topological polar surface area (TPSA) is 48.9 Å². The Hall–Kier alpha value is -1.11. The van der Waals surface area contributed by atoms with Crippen molar-refractivity contribution in [3.63, 3.8) is 0 Å². The van der Waals surface area contributed by atoms with Crippen LogP contribution in [0.1, 0.15) is 19.4 Å². The van der Waals surface area contributed by atoms with Gasteiger partial charge in [0.1, 0.15) is 0 Å². The summed E-state index contributed by atoms with van der Waals surface area (Å²) >= 11 is 3.45. The molecule has 1 aliphatic heterocycles. The average Bonchev–Trinajstić information content (AvgIpc) is 2.56. The maximum atomic E-state index is 5.87. The first-order valence-corrected chi connectivity index (χ1v) is 9.39. The molecule has 1 atom stereocenters. The SMILES string of the molecule is CN=C(NCc1ccc(Br)cc1)NCC1CN(CC(C)C)CCO1. The van der Waals surface area contributed by atoms with Crippen molar-refractivity contribution < 1.29 is 4.74 Å². The van der Waals surface area contributed by atoms with E-state index in [1.54, 1.807) is 7.05 Å². The fourth-order valence-corrected chi connectivity index (χ4v) is 3.07. The van der Waals surface area contributed by atoms with Crippen LogP contribution in [0.25, 0.3) is 0 Å². The van der Waals surface area contributed by atoms with Crippen molar-refractivity contribution in [2.45, 2.75) is 26.5 Å². The van der Waals surface area contributed by atoms with E-state index in [0.717, 1.165) is 49.8 Å². The largest absolute Gasteiger partial charge is 0.374 e. The first-order chi connectivity index (χ1) is 11.6. The summed E-state index contributed by atoms with van der Waals surface area (Å²) in [5.41, 5.74) is 1.22. The highest BCUT2D eigenvalue weighted by atomic mass is 79.9. The molecule has 2 N–H and O–H groups in total. The van der Waals surface area contributed by atoms with Crippen LogP contribution < -0.4 is 10.6 Å². The van der Waals surface area contributed by atoms with Crippen LogP contribution in [0.15, 0.2) is 33.7 Å². The monoisotopic (exact) mass is 396 g/mol. The Morgan fingerprint density at radius 3 is 2.75 bits per heavy atom. The van der Waals surface area contributed by atoms with Gasteiger partial charge >= 0.3 is 0 Å². The smallest absolute Gasteiger partial charge is 0.191 e. The van der Waals surface area contributed by atoms with Gasteiger partial charge in [0.15, 0.2) is 5.96 Å². The number of aliphatic imine (C=N–C) groups is 1. The zero-order valence-electron chi connectivity index (χ0n) is 14.9. The van der Waals surface area contributed by atoms with E-state index in [1.165, 1.54) is 5.56 Å². The zero-order valence-corrected chi connectivity index (χ0v) is 16.5. The van der Waals surface area contributed by atoms with Gasteiger partial charge in [0.25, 0.3) is 0 Å². The standard InChI is InChI=1S/C18H29BrN4O/c1-14(2)12-23-8-9-24-17(13-23)11-22-18(20-3)21-10-15-4-6-16(19)7-5-15/h4-7,14,17H,8-13H2,1-3H3,(H2,20,21,22). The Bertz CT molecular complexity index is 518. The van der Waals surface area contributed by atoms with Crippen LogP contribution in [0, 0.1) is 5.92 Å². The van der Waals surface area contributed by atoms with E-state index in [1.807, 2.05) is 12.1 Å². The molecule has 6 heteroatoms. The van der Waals surface area contributed by atoms with Crippen LogP contribution >= 0.6 is 15.9 Å². The van der Waals surface area contributed by atoms with Crippen LogP contribution in [0.4, 0.5) is 0 Å². The molecule has 0 saturated carbocycles. The lowest BCUT2D eigenvalue weighted by Crippen LogP contribution is -2.50. The van der Waals surface area contributed by atoms with Gasteiger partial charge in [-0.25, -0.2) is 0 Å². The van der Waals surface area contributed by atoms with Gasteiger partial charge in [0.05, 0.1) is 12.7 Å². The Kier molecular flexibility index (Phi) is 8.02. The molecular weight excluding hydrogens is 368 g/mol. The molecule has 1 aromatic rings. The molecule has 0 radical (unpaired) electrons. The molecular formula is C18H29BrN4O. The zero-order chi connectivity index (χ0) is 17.4. The number of nitrogens with zero attached hydrogens (tertiary/aromatic N) is 2. The molecule has 2 rings (SSSR count). The first-order valence-electron chi connectivity index (χ1n) is 8.59. The van der Waals surface area contributed by atoms with Crippen LogP contribution in [0.5, 0.6) is 0 Å². The first kappa shape index (κ1) is 19.2. The predicted molar refractivity (Wildman–Crippen MR) is 103 cm³/mol. The van der Waals surface area contributed by atoms with Crippen LogP contribution in [-0.4, -0.2) is 56.8 Å². The molecule has 1 heterocycles. The van der Waals surface area contributed by atoms with E-state index in [0.29, 0.717) is 5.92 Å². The normalized spacial score (nSPS) is 19.5. The van der Waals surface area contributed by atoms with Gasteiger partial charge in [0.2, 0.25) is 0 Å². The molecule has 1 fully saturated rings. The number of nitrogens with one attached hydrogen (secondary N) is 2. The lowest BCUT2D eigenvalue weighted by Gasteiger charge is -2.34. The molecule has 1 saturated heterocycles. The highest BCUT2D eigenvalue weighted by Crippen LogP contribution is 2.10. The quantitative estimate of drug-likeness (QED) is 0.572. The summed E-state index contributed by atoms with van der Waals surface area (Å²) in [7, 11) is 1.80. The second-order valence-corrected chi connectivity index (χ2v) is 7.50. The third kappa shape index (κ3) is 6.79. The summed E-state index contributed by atoms with van der Waals surface area (Å²) in [5, 5.41) is 6.72. The summed E-state index contributed by atoms with van der Waals surface area (Å²) < 4.78 is 6.96. The van der Waals surface area contributed by atoms with Gasteiger partial charge in [-0.1, -0.05) is 41.9 Å². The minimum Gasteiger partial charge on any atom is -0.374 e. The summed E-state index contributed by atoms with van der Waals surface area (Å²) in [6, 6.07) is 8.29. The molecule has 0 aromatic heterocycles. The number of benzene rings is 1. The molecule has 5 nitrogen and oxygen atoms in total. The second kappa shape index (κ2) is 10.0. The van der Waals surface area contributed by atoms with Crippen molar-refractivity contribution >= 4 is 21.9 Å². The minimum atomic E-state index is 0.212. The van der Waals surface area contributed by atoms with Crippen molar-refractivity contribution in [3.05, 3.63) is 34.3 Å². The van der Waals surface area contributed by atoms with E-state index in [9.17, 15) is 0 Å². The van der Waals surface area contributed by atoms with Crippen molar-refractivity contribution in [1.82, 2.24) is 15.5 Å². The molecule has 0 bridgehead atoms. The molecule has 1 aromatic carbocycles. The molecule has 0 spiro atoms. The Labute approximate surface area is 154 Å². The van der Waals surface area contributed by atoms with E-state index >= 15 is 0 Å². The molecule has 134 valence electrons. The fourth-order valence-electron chi connectivity index (χ4n) is 2.81. The van der Waals surface area contributed by atoms with Crippen molar-refractivity contribution in [1.29, 1.82) is 0 Å². The number of ether oxygens (including phenoxy) is 1. The van der Waals surface area contributed by atoms with Gasteiger partial charge in [-0.05, 0) is 23.6 Å². The van der Waals surface area contributed by atoms with Gasteiger partial charge in [-0.2, -0.15) is 0 Å². The second-order valence-electron chi connectivity index (χ2n) is 6.58. The summed E-state index contributed by atoms with van der Waals surface area (Å²) in [6.45, 7) is 10.0. The molecule has 1 aliphatic rings. The van der Waals surface area contributed by atoms with Crippen LogP contribution in [-0.2, 0) is 11.3 Å². The lowest BCUT2D eigenvalue weighted by atomic mass is 10.2. The van der Waals surface area contributed by atoms with E-state index in [2.05, 4.69) is 62.4 Å². The predicted octanol–water partition coefficient (Wildman–Crippen LogP) is 2.47. The van der Waals surface area contributed by atoms with Crippen molar-refractivity contribution in [3.8, 4) is 0 Å². The van der Waals surface area contributed by atoms with Crippen molar-refractivity contribution in [2.24, 2.45) is 10.9 Å². The van der Waals surface area contributed by atoms with Crippen LogP contribution in [0.2, 0.25) is 0 Å². The molecule has 0 amide bonds. The highest BCUT2D eigenvalue weighted by molar-refractivity contribution is 9.10. The Balaban J connectivity index is 1.73. The maximum Gasteiger partial charge on any atom is 0.191 e. The van der Waals surface area contributed by atoms with E-state index < -0.39 is 0 Å². The van der Waals surface area contributed by atoms with Gasteiger partial charge in [0, 0.05) is 44.2 Å². The number of hydrogen-bond acceptors (Lipinski definition) is 3. The summed E-state index contributed by atoms with van der Waals surface area (Å²) in [6.07, 6.45) is 0.212. The van der Waals surface area contributed by atoms with Gasteiger partial charge < -0.3 is 15.4 Å². The number of hydrogen-bond donors (Lipinski definition) is 2. The maximum absolute atomic E-state index is 5.87. The minimum absolute atomic E-state index is 0.212. The Morgan fingerprint density at radius 1 is 1.33 bits per heavy atom. The molecule has 24 heavy (non-hydrogen) atoms. The third-order valence-electron chi connectivity index (χ3n) is 3.94. The van der Waals surface area contributed by atoms with E-state index in [-0.39, 0.29) is 6.10 Å². The van der Waals surface area contributed by atoms with E-state index in [4.69, 9.17) is 4.74 Å². The summed E-state index contributed by atoms with van der Waals surface area (Å²) in [5.74, 6) is 1.50. The number of guanidine groups is 1. The number of morpholine rings is 1. The number of halogens is 1. The van der Waals surface area contributed by atoms with Gasteiger partial charge in [-0.15, -0.1) is 0 Å². The molecule has 1 unspecified atom stereocenters. The average molecular weight is 397 g/mol. The lowest BCUT2D eigenvalue weighted by molar-refractivity contribution is -0.0284. The molecule has 0 aliphatic carbocycles. The Morgan fingerprint density at radius 2 is 2.08 bits per heavy atom. The van der Waals surface area contributed by atoms with Crippen molar-refractivity contribution in [2.75, 3.05) is 39.8 Å². The van der Waals surface area contributed by atoms with Gasteiger partial charge in [-0.3, -0.25) is 9.89 Å². The number of rotatable bonds is 6.